The van der Waals surface area contributed by atoms with Gasteiger partial charge in [0, 0.05) is 15.4 Å². The van der Waals surface area contributed by atoms with E-state index in [9.17, 15) is 4.79 Å². The molecule has 0 bridgehead atoms. The first kappa shape index (κ1) is 25.4. The Morgan fingerprint density at radius 3 is 2.62 bits per heavy atom. The molecule has 0 saturated carbocycles. The molecule has 0 fully saturated rings. The molecule has 0 aliphatic rings. The molecule has 6 aromatic rings. The Morgan fingerprint density at radius 2 is 1.77 bits per heavy atom. The van der Waals surface area contributed by atoms with Gasteiger partial charge in [-0.1, -0.05) is 75.5 Å². The normalized spacial score (nSPS) is 11.6. The fraction of sp³-hybridized carbons (Fsp3) is 0.0333. The minimum Gasteiger partial charge on any atom is -0.488 e. The van der Waals surface area contributed by atoms with Gasteiger partial charge in [0.25, 0.3) is 5.56 Å². The zero-order valence-electron chi connectivity index (χ0n) is 20.1. The molecule has 0 amide bonds. The third-order valence-electron chi connectivity index (χ3n) is 6.06. The zero-order valence-corrected chi connectivity index (χ0v) is 23.2. The smallest absolute Gasteiger partial charge is 0.282 e. The summed E-state index contributed by atoms with van der Waals surface area (Å²) in [5, 5.41) is 6.85. The topological polar surface area (TPSA) is 69.6 Å². The van der Waals surface area contributed by atoms with Crippen LogP contribution in [0.5, 0.6) is 5.75 Å². The summed E-state index contributed by atoms with van der Waals surface area (Å²) in [6, 6.07) is 27.5. The van der Waals surface area contributed by atoms with Gasteiger partial charge in [-0.15, -0.1) is 0 Å². The predicted molar refractivity (Wildman–Crippen MR) is 159 cm³/mol. The van der Waals surface area contributed by atoms with Crippen LogP contribution >= 0.6 is 39.1 Å². The number of ether oxygens (including phenoxy) is 1. The van der Waals surface area contributed by atoms with Gasteiger partial charge < -0.3 is 9.15 Å². The van der Waals surface area contributed by atoms with Crippen molar-refractivity contribution in [3.63, 3.8) is 0 Å². The van der Waals surface area contributed by atoms with Gasteiger partial charge in [0.2, 0.25) is 5.82 Å². The lowest BCUT2D eigenvalue weighted by molar-refractivity contribution is 0.306. The molecule has 0 saturated heterocycles. The van der Waals surface area contributed by atoms with Gasteiger partial charge in [-0.3, -0.25) is 4.79 Å². The van der Waals surface area contributed by atoms with E-state index in [4.69, 9.17) is 37.3 Å². The van der Waals surface area contributed by atoms with Crippen LogP contribution in [0.2, 0.25) is 10.0 Å². The highest BCUT2D eigenvalue weighted by Gasteiger charge is 2.16. The average molecular weight is 619 g/mol. The number of benzene rings is 4. The highest BCUT2D eigenvalue weighted by molar-refractivity contribution is 9.10. The Bertz CT molecular complexity index is 1920. The number of fused-ring (bicyclic) bond motifs is 2. The highest BCUT2D eigenvalue weighted by atomic mass is 79.9. The van der Waals surface area contributed by atoms with Gasteiger partial charge in [0.1, 0.15) is 17.9 Å². The Hall–Kier alpha value is -3.91. The van der Waals surface area contributed by atoms with E-state index in [0.29, 0.717) is 49.4 Å². The van der Waals surface area contributed by atoms with Crippen LogP contribution in [-0.2, 0) is 6.61 Å². The van der Waals surface area contributed by atoms with Crippen molar-refractivity contribution in [2.24, 2.45) is 5.10 Å². The monoisotopic (exact) mass is 617 g/mol. The van der Waals surface area contributed by atoms with E-state index in [0.717, 1.165) is 15.4 Å². The summed E-state index contributed by atoms with van der Waals surface area (Å²) in [6.07, 6.45) is 1.57. The molecule has 4 aromatic carbocycles. The van der Waals surface area contributed by atoms with Crippen LogP contribution in [-0.4, -0.2) is 15.9 Å². The second kappa shape index (κ2) is 10.7. The standard InChI is InChI=1S/C30H18BrCl2N3O3/c31-21-10-12-26(38-17-18-9-11-23(32)24(33)13-18)20(14-21)16-34-36-29(28-15-19-5-1-4-8-27(19)39-28)35-25-7-3-2-6-22(25)30(36)37/h1-16H,17H2. The third-order valence-corrected chi connectivity index (χ3v) is 7.29. The first-order valence-electron chi connectivity index (χ1n) is 11.9. The maximum absolute atomic E-state index is 13.6. The molecule has 0 aliphatic carbocycles. The molecule has 9 heteroatoms. The maximum Gasteiger partial charge on any atom is 0.282 e. The van der Waals surface area contributed by atoms with Crippen molar-refractivity contribution in [2.45, 2.75) is 6.61 Å². The van der Waals surface area contributed by atoms with E-state index in [1.54, 1.807) is 36.5 Å². The minimum atomic E-state index is -0.319. The Morgan fingerprint density at radius 1 is 0.949 bits per heavy atom. The van der Waals surface area contributed by atoms with E-state index in [-0.39, 0.29) is 12.2 Å². The Balaban J connectivity index is 1.42. The summed E-state index contributed by atoms with van der Waals surface area (Å²) in [7, 11) is 0. The summed E-state index contributed by atoms with van der Waals surface area (Å²) in [6.45, 7) is 0.265. The molecular weight excluding hydrogens is 601 g/mol. The predicted octanol–water partition coefficient (Wildman–Crippen LogP) is 8.34. The van der Waals surface area contributed by atoms with E-state index in [1.807, 2.05) is 60.7 Å². The highest BCUT2D eigenvalue weighted by Crippen LogP contribution is 2.28. The van der Waals surface area contributed by atoms with Gasteiger partial charge in [-0.25, -0.2) is 4.98 Å². The van der Waals surface area contributed by atoms with Gasteiger partial charge in [-0.2, -0.15) is 9.78 Å². The number of rotatable bonds is 6. The SMILES string of the molecule is O=c1c2ccccc2nc(-c2cc3ccccc3o2)n1N=Cc1cc(Br)ccc1OCc1ccc(Cl)c(Cl)c1. The molecule has 0 unspecified atom stereocenters. The van der Waals surface area contributed by atoms with Crippen LogP contribution in [0.15, 0.2) is 110 Å². The zero-order chi connectivity index (χ0) is 26.9. The fourth-order valence-electron chi connectivity index (χ4n) is 4.14. The Kier molecular flexibility index (Phi) is 6.95. The molecule has 0 radical (unpaired) electrons. The van der Waals surface area contributed by atoms with Crippen molar-refractivity contribution < 1.29 is 9.15 Å². The molecule has 0 atom stereocenters. The summed E-state index contributed by atoms with van der Waals surface area (Å²) in [5.41, 5.74) is 2.44. The molecule has 0 N–H and O–H groups in total. The lowest BCUT2D eigenvalue weighted by atomic mass is 10.2. The van der Waals surface area contributed by atoms with Crippen LogP contribution in [0.25, 0.3) is 33.5 Å². The number of aromatic nitrogens is 2. The molecule has 6 rings (SSSR count). The van der Waals surface area contributed by atoms with Gasteiger partial charge in [0.05, 0.1) is 27.2 Å². The number of nitrogens with zero attached hydrogens (tertiary/aromatic N) is 3. The number of halogens is 3. The van der Waals surface area contributed by atoms with Gasteiger partial charge in [0.15, 0.2) is 5.76 Å². The molecular formula is C30H18BrCl2N3O3. The van der Waals surface area contributed by atoms with Crippen LogP contribution in [0.4, 0.5) is 0 Å². The number of para-hydroxylation sites is 2. The largest absolute Gasteiger partial charge is 0.488 e. The second-order valence-electron chi connectivity index (χ2n) is 8.68. The third kappa shape index (κ3) is 5.21. The van der Waals surface area contributed by atoms with Crippen LogP contribution in [0, 0.1) is 0 Å². The molecule has 2 heterocycles. The molecule has 39 heavy (non-hydrogen) atoms. The number of hydrogen-bond acceptors (Lipinski definition) is 5. The number of hydrogen-bond donors (Lipinski definition) is 0. The van der Waals surface area contributed by atoms with E-state index in [1.165, 1.54) is 4.68 Å². The van der Waals surface area contributed by atoms with Crippen molar-refractivity contribution in [3.8, 4) is 17.3 Å². The van der Waals surface area contributed by atoms with Crippen molar-refractivity contribution >= 4 is 67.2 Å². The lowest BCUT2D eigenvalue weighted by Gasteiger charge is -2.11. The van der Waals surface area contributed by atoms with E-state index in [2.05, 4.69) is 21.0 Å². The van der Waals surface area contributed by atoms with E-state index < -0.39 is 0 Å². The van der Waals surface area contributed by atoms with E-state index >= 15 is 0 Å². The van der Waals surface area contributed by atoms with Crippen molar-refractivity contribution in [1.82, 2.24) is 9.66 Å². The maximum atomic E-state index is 13.6. The summed E-state index contributed by atoms with van der Waals surface area (Å²) in [5.74, 6) is 1.29. The second-order valence-corrected chi connectivity index (χ2v) is 10.4. The lowest BCUT2D eigenvalue weighted by Crippen LogP contribution is -2.20. The molecule has 0 spiro atoms. The van der Waals surface area contributed by atoms with Crippen molar-refractivity contribution in [1.29, 1.82) is 0 Å². The summed E-state index contributed by atoms with van der Waals surface area (Å²) >= 11 is 15.7. The number of furan rings is 1. The van der Waals surface area contributed by atoms with Crippen molar-refractivity contribution in [2.75, 3.05) is 0 Å². The first-order chi connectivity index (χ1) is 19.0. The fourth-order valence-corrected chi connectivity index (χ4v) is 4.84. The van der Waals surface area contributed by atoms with Crippen LogP contribution in [0.1, 0.15) is 11.1 Å². The quantitative estimate of drug-likeness (QED) is 0.176. The van der Waals surface area contributed by atoms with Crippen LogP contribution in [0.3, 0.4) is 0 Å². The summed E-state index contributed by atoms with van der Waals surface area (Å²) < 4.78 is 14.2. The average Bonchev–Trinajstić information content (AvgIpc) is 3.38. The molecule has 6 nitrogen and oxygen atoms in total. The first-order valence-corrected chi connectivity index (χ1v) is 13.4. The summed E-state index contributed by atoms with van der Waals surface area (Å²) in [4.78, 5) is 18.3. The Labute approximate surface area is 241 Å². The van der Waals surface area contributed by atoms with Gasteiger partial charge >= 0.3 is 0 Å². The van der Waals surface area contributed by atoms with Crippen LogP contribution < -0.4 is 10.3 Å². The molecule has 2 aromatic heterocycles. The van der Waals surface area contributed by atoms with Crippen molar-refractivity contribution in [3.05, 3.63) is 127 Å². The minimum absolute atomic E-state index is 0.265. The van der Waals surface area contributed by atoms with Gasteiger partial charge in [-0.05, 0) is 60.2 Å². The molecule has 192 valence electrons. The molecule has 0 aliphatic heterocycles.